The third-order valence-electron chi connectivity index (χ3n) is 3.65. The lowest BCUT2D eigenvalue weighted by Gasteiger charge is -2.23. The van der Waals surface area contributed by atoms with Gasteiger partial charge in [-0.25, -0.2) is 4.79 Å². The summed E-state index contributed by atoms with van der Waals surface area (Å²) >= 11 is 0. The predicted molar refractivity (Wildman–Crippen MR) is 75.6 cm³/mol. The van der Waals surface area contributed by atoms with Gasteiger partial charge in [0.25, 0.3) is 0 Å². The average molecular weight is 261 g/mol. The summed E-state index contributed by atoms with van der Waals surface area (Å²) in [7, 11) is 0. The Bertz CT molecular complexity index is 596. The number of nitrogens with one attached hydrogen (secondary N) is 3. The van der Waals surface area contributed by atoms with E-state index in [1.54, 1.807) is 0 Å². The van der Waals surface area contributed by atoms with Crippen molar-refractivity contribution in [2.45, 2.75) is 31.7 Å². The van der Waals surface area contributed by atoms with Crippen LogP contribution in [0.4, 0.5) is 5.69 Å². The average Bonchev–Trinajstić information content (AvgIpc) is 2.79. The van der Waals surface area contributed by atoms with Crippen molar-refractivity contribution in [1.82, 2.24) is 10.3 Å². The van der Waals surface area contributed by atoms with Crippen molar-refractivity contribution in [3.05, 3.63) is 28.7 Å². The molecule has 0 bridgehead atoms. The lowest BCUT2D eigenvalue weighted by molar-refractivity contribution is 0.389. The van der Waals surface area contributed by atoms with Crippen LogP contribution in [0, 0.1) is 0 Å². The molecule has 102 valence electrons. The Morgan fingerprint density at radius 1 is 1.37 bits per heavy atom. The van der Waals surface area contributed by atoms with Gasteiger partial charge in [0.15, 0.2) is 5.58 Å². The molecule has 1 aromatic carbocycles. The van der Waals surface area contributed by atoms with Crippen molar-refractivity contribution in [3.63, 3.8) is 0 Å². The van der Waals surface area contributed by atoms with Crippen LogP contribution in [0.15, 0.2) is 27.4 Å². The van der Waals surface area contributed by atoms with E-state index >= 15 is 0 Å². The highest BCUT2D eigenvalue weighted by atomic mass is 16.4. The molecule has 0 radical (unpaired) electrons. The highest BCUT2D eigenvalue weighted by Gasteiger charge is 2.11. The molecule has 1 aliphatic heterocycles. The maximum Gasteiger partial charge on any atom is 0.417 e. The van der Waals surface area contributed by atoms with E-state index in [4.69, 9.17) is 4.42 Å². The van der Waals surface area contributed by atoms with Crippen LogP contribution < -0.4 is 16.4 Å². The highest BCUT2D eigenvalue weighted by molar-refractivity contribution is 5.76. The second-order valence-electron chi connectivity index (χ2n) is 5.09. The lowest BCUT2D eigenvalue weighted by Crippen LogP contribution is -2.35. The van der Waals surface area contributed by atoms with Crippen LogP contribution in [0.1, 0.15) is 25.7 Å². The van der Waals surface area contributed by atoms with Gasteiger partial charge >= 0.3 is 5.76 Å². The normalized spacial score (nSPS) is 19.7. The van der Waals surface area contributed by atoms with Crippen LogP contribution in [0.5, 0.6) is 0 Å². The number of hydrogen-bond donors (Lipinski definition) is 3. The molecule has 1 fully saturated rings. The third kappa shape index (κ3) is 2.98. The van der Waals surface area contributed by atoms with Gasteiger partial charge in [0.1, 0.15) is 0 Å². The summed E-state index contributed by atoms with van der Waals surface area (Å²) in [5.74, 6) is -0.404. The Morgan fingerprint density at radius 3 is 3.16 bits per heavy atom. The quantitative estimate of drug-likeness (QED) is 0.788. The fourth-order valence-electron chi connectivity index (χ4n) is 2.62. The van der Waals surface area contributed by atoms with Gasteiger partial charge in [0.2, 0.25) is 0 Å². The summed E-state index contributed by atoms with van der Waals surface area (Å²) in [6.07, 6.45) is 5.03. The first-order chi connectivity index (χ1) is 9.31. The van der Waals surface area contributed by atoms with Crippen LogP contribution in [0.3, 0.4) is 0 Å². The number of benzene rings is 1. The van der Waals surface area contributed by atoms with E-state index in [1.165, 1.54) is 19.3 Å². The number of anilines is 1. The molecule has 0 spiro atoms. The van der Waals surface area contributed by atoms with Crippen molar-refractivity contribution in [2.75, 3.05) is 18.4 Å². The fraction of sp³-hybridized carbons (Fsp3) is 0.500. The maximum atomic E-state index is 11.1. The number of H-pyrrole nitrogens is 1. The molecule has 5 heteroatoms. The Balaban J connectivity index is 1.57. The van der Waals surface area contributed by atoms with E-state index in [9.17, 15) is 4.79 Å². The first kappa shape index (κ1) is 12.3. The van der Waals surface area contributed by atoms with E-state index in [0.29, 0.717) is 11.6 Å². The first-order valence-corrected chi connectivity index (χ1v) is 6.91. The van der Waals surface area contributed by atoms with Gasteiger partial charge in [-0.3, -0.25) is 4.98 Å². The monoisotopic (exact) mass is 261 g/mol. The zero-order chi connectivity index (χ0) is 13.1. The maximum absolute atomic E-state index is 11.1. The molecule has 1 aliphatic rings. The number of piperidine rings is 1. The van der Waals surface area contributed by atoms with Crippen LogP contribution in [-0.4, -0.2) is 24.1 Å². The number of rotatable bonds is 4. The van der Waals surface area contributed by atoms with Gasteiger partial charge in [-0.1, -0.05) is 6.42 Å². The van der Waals surface area contributed by atoms with E-state index in [-0.39, 0.29) is 0 Å². The summed E-state index contributed by atoms with van der Waals surface area (Å²) < 4.78 is 4.97. The molecular formula is C14H19N3O2. The van der Waals surface area contributed by atoms with E-state index < -0.39 is 5.76 Å². The molecule has 0 saturated carbocycles. The van der Waals surface area contributed by atoms with Crippen LogP contribution >= 0.6 is 0 Å². The van der Waals surface area contributed by atoms with Gasteiger partial charge in [0, 0.05) is 18.3 Å². The molecule has 19 heavy (non-hydrogen) atoms. The van der Waals surface area contributed by atoms with E-state index in [1.807, 2.05) is 18.2 Å². The number of aromatic nitrogens is 1. The summed E-state index contributed by atoms with van der Waals surface area (Å²) in [5.41, 5.74) is 2.36. The van der Waals surface area contributed by atoms with Gasteiger partial charge in [-0.2, -0.15) is 0 Å². The molecule has 0 aliphatic carbocycles. The van der Waals surface area contributed by atoms with Crippen molar-refractivity contribution < 1.29 is 4.42 Å². The molecule has 1 unspecified atom stereocenters. The molecule has 1 atom stereocenters. The minimum Gasteiger partial charge on any atom is -0.408 e. The van der Waals surface area contributed by atoms with E-state index in [0.717, 1.165) is 30.7 Å². The minimum absolute atomic E-state index is 0.404. The molecule has 5 nitrogen and oxygen atoms in total. The zero-order valence-electron chi connectivity index (χ0n) is 10.9. The number of fused-ring (bicyclic) bond motifs is 1. The largest absolute Gasteiger partial charge is 0.417 e. The third-order valence-corrected chi connectivity index (χ3v) is 3.65. The molecule has 1 saturated heterocycles. The van der Waals surface area contributed by atoms with Gasteiger partial charge in [0.05, 0.1) is 5.52 Å². The Kier molecular flexibility index (Phi) is 3.55. The molecule has 2 aromatic rings. The molecule has 3 N–H and O–H groups in total. The van der Waals surface area contributed by atoms with Crippen LogP contribution in [0.25, 0.3) is 11.1 Å². The molecule has 3 rings (SSSR count). The highest BCUT2D eigenvalue weighted by Crippen LogP contribution is 2.16. The van der Waals surface area contributed by atoms with Crippen LogP contribution in [0.2, 0.25) is 0 Å². The van der Waals surface area contributed by atoms with Gasteiger partial charge in [-0.15, -0.1) is 0 Å². The van der Waals surface area contributed by atoms with Crippen molar-refractivity contribution in [2.24, 2.45) is 0 Å². The summed E-state index contributed by atoms with van der Waals surface area (Å²) in [4.78, 5) is 13.7. The summed E-state index contributed by atoms with van der Waals surface area (Å²) in [5, 5.41) is 6.93. The van der Waals surface area contributed by atoms with Gasteiger partial charge < -0.3 is 15.1 Å². The van der Waals surface area contributed by atoms with Crippen LogP contribution in [-0.2, 0) is 0 Å². The Hall–Kier alpha value is -1.75. The first-order valence-electron chi connectivity index (χ1n) is 6.91. The minimum atomic E-state index is -0.404. The predicted octanol–water partition coefficient (Wildman–Crippen LogP) is 2.07. The molecule has 1 aromatic heterocycles. The Labute approximate surface area is 111 Å². The summed E-state index contributed by atoms with van der Waals surface area (Å²) in [6, 6.07) is 6.30. The van der Waals surface area contributed by atoms with E-state index in [2.05, 4.69) is 15.6 Å². The second kappa shape index (κ2) is 5.48. The fourth-order valence-corrected chi connectivity index (χ4v) is 2.62. The molecule has 2 heterocycles. The second-order valence-corrected chi connectivity index (χ2v) is 5.09. The van der Waals surface area contributed by atoms with Gasteiger partial charge in [-0.05, 0) is 44.0 Å². The van der Waals surface area contributed by atoms with Crippen molar-refractivity contribution in [1.29, 1.82) is 0 Å². The lowest BCUT2D eigenvalue weighted by atomic mass is 10.0. The van der Waals surface area contributed by atoms with Crippen molar-refractivity contribution >= 4 is 16.8 Å². The smallest absolute Gasteiger partial charge is 0.408 e. The zero-order valence-corrected chi connectivity index (χ0v) is 10.9. The van der Waals surface area contributed by atoms with Crippen molar-refractivity contribution in [3.8, 4) is 0 Å². The topological polar surface area (TPSA) is 70.1 Å². The number of hydrogen-bond acceptors (Lipinski definition) is 4. The number of aromatic amines is 1. The summed E-state index contributed by atoms with van der Waals surface area (Å²) in [6.45, 7) is 2.08. The Morgan fingerprint density at radius 2 is 2.32 bits per heavy atom. The molecule has 0 amide bonds. The molecular weight excluding hydrogens is 242 g/mol. The standard InChI is InChI=1S/C14H19N3O2/c18-14-17-12-9-11(4-5-13(12)19-14)16-8-6-10-3-1-2-7-15-10/h4-5,9-10,15-16H,1-3,6-8H2,(H,17,18). The SMILES string of the molecule is O=c1[nH]c2cc(NCCC3CCCCN3)ccc2o1. The number of oxazole rings is 1.